The van der Waals surface area contributed by atoms with Gasteiger partial charge in [0.2, 0.25) is 0 Å². The Hall–Kier alpha value is -2.70. The molecule has 0 saturated carbocycles. The normalized spacial score (nSPS) is 11.8. The Balaban J connectivity index is 1.90. The van der Waals surface area contributed by atoms with Crippen LogP contribution in [0.25, 0.3) is 11.3 Å². The molecule has 2 rings (SSSR count). The number of Topliss-reactive ketones (excluding diaryl/α,β-unsaturated/α-hetero) is 1. The van der Waals surface area contributed by atoms with E-state index in [9.17, 15) is 9.59 Å². The fraction of sp³-hybridized carbons (Fsp3) is 0.474. The van der Waals surface area contributed by atoms with Gasteiger partial charge in [0.25, 0.3) is 0 Å². The zero-order chi connectivity index (χ0) is 18.9. The summed E-state index contributed by atoms with van der Waals surface area (Å²) >= 11 is 0. The van der Waals surface area contributed by atoms with Gasteiger partial charge in [-0.25, -0.2) is 9.78 Å². The number of aryl methyl sites for hydroxylation is 1. The number of hydrogen-bond donors (Lipinski definition) is 0. The lowest BCUT2D eigenvalue weighted by Crippen LogP contribution is -2.37. The van der Waals surface area contributed by atoms with E-state index >= 15 is 0 Å². The van der Waals surface area contributed by atoms with Gasteiger partial charge in [-0.1, -0.05) is 13.8 Å². The highest BCUT2D eigenvalue weighted by Gasteiger charge is 2.20. The monoisotopic (exact) mass is 358 g/mol. The zero-order valence-electron chi connectivity index (χ0n) is 15.6. The van der Waals surface area contributed by atoms with Crippen LogP contribution in [-0.2, 0) is 16.1 Å². The minimum Gasteiger partial charge on any atom is -0.453 e. The van der Waals surface area contributed by atoms with Crippen molar-refractivity contribution in [3.63, 3.8) is 0 Å². The first-order chi connectivity index (χ1) is 12.5. The topological polar surface area (TPSA) is 77.3 Å². The molecule has 0 saturated heterocycles. The molecule has 0 aliphatic carbocycles. The van der Waals surface area contributed by atoms with Crippen LogP contribution in [0, 0.1) is 5.92 Å². The Labute approximate surface area is 154 Å². The van der Waals surface area contributed by atoms with E-state index < -0.39 is 6.09 Å². The molecule has 1 atom stereocenters. The second kappa shape index (κ2) is 9.70. The molecule has 0 aliphatic heterocycles. The second-order valence-electron chi connectivity index (χ2n) is 6.23. The SMILES string of the molecule is CCC(=O)C(C)CN(CCCn1cnc(-c2cccnc2)c1)C(=O)OC. The van der Waals surface area contributed by atoms with Crippen LogP contribution in [0.2, 0.25) is 0 Å². The fourth-order valence-corrected chi connectivity index (χ4v) is 2.76. The molecule has 0 N–H and O–H groups in total. The average molecular weight is 358 g/mol. The van der Waals surface area contributed by atoms with Gasteiger partial charge < -0.3 is 14.2 Å². The van der Waals surface area contributed by atoms with Crippen LogP contribution in [0.5, 0.6) is 0 Å². The number of amides is 1. The van der Waals surface area contributed by atoms with Gasteiger partial charge in [0, 0.05) is 56.1 Å². The van der Waals surface area contributed by atoms with Crippen LogP contribution in [-0.4, -0.2) is 51.5 Å². The maximum atomic E-state index is 12.0. The zero-order valence-corrected chi connectivity index (χ0v) is 15.6. The third kappa shape index (κ3) is 5.40. The molecule has 7 nitrogen and oxygen atoms in total. The van der Waals surface area contributed by atoms with Crippen LogP contribution in [0.1, 0.15) is 26.7 Å². The number of aromatic nitrogens is 3. The van der Waals surface area contributed by atoms with Crippen LogP contribution >= 0.6 is 0 Å². The first-order valence-corrected chi connectivity index (χ1v) is 8.83. The van der Waals surface area contributed by atoms with E-state index in [-0.39, 0.29) is 11.7 Å². The molecule has 0 aliphatic rings. The van der Waals surface area contributed by atoms with Gasteiger partial charge in [0.05, 0.1) is 19.1 Å². The number of hydrogen-bond acceptors (Lipinski definition) is 5. The van der Waals surface area contributed by atoms with Gasteiger partial charge >= 0.3 is 6.09 Å². The molecule has 140 valence electrons. The summed E-state index contributed by atoms with van der Waals surface area (Å²) < 4.78 is 6.83. The largest absolute Gasteiger partial charge is 0.453 e. The van der Waals surface area contributed by atoms with Crippen molar-refractivity contribution in [3.05, 3.63) is 37.1 Å². The Bertz CT molecular complexity index is 715. The van der Waals surface area contributed by atoms with Crippen molar-refractivity contribution >= 4 is 11.9 Å². The number of pyridine rings is 1. The van der Waals surface area contributed by atoms with Gasteiger partial charge in [-0.3, -0.25) is 9.78 Å². The number of rotatable bonds is 9. The molecule has 26 heavy (non-hydrogen) atoms. The summed E-state index contributed by atoms with van der Waals surface area (Å²) in [7, 11) is 1.36. The fourth-order valence-electron chi connectivity index (χ4n) is 2.76. The molecule has 2 aromatic rings. The average Bonchev–Trinajstić information content (AvgIpc) is 3.15. The lowest BCUT2D eigenvalue weighted by atomic mass is 10.0. The quantitative estimate of drug-likeness (QED) is 0.688. The van der Waals surface area contributed by atoms with Crippen molar-refractivity contribution in [1.82, 2.24) is 19.4 Å². The number of carbonyl (C=O) groups is 2. The van der Waals surface area contributed by atoms with E-state index in [1.807, 2.05) is 36.7 Å². The summed E-state index contributed by atoms with van der Waals surface area (Å²) in [6.07, 6.45) is 8.05. The standard InChI is InChI=1S/C19H26N4O3/c1-4-18(24)15(2)12-23(19(25)26-3)10-6-9-22-13-17(21-14-22)16-7-5-8-20-11-16/h5,7-8,11,13-15H,4,6,9-10,12H2,1-3H3. The number of carbonyl (C=O) groups excluding carboxylic acids is 2. The molecule has 0 radical (unpaired) electrons. The first-order valence-electron chi connectivity index (χ1n) is 8.83. The summed E-state index contributed by atoms with van der Waals surface area (Å²) in [5, 5.41) is 0. The number of nitrogens with zero attached hydrogens (tertiary/aromatic N) is 4. The highest BCUT2D eigenvalue weighted by Crippen LogP contribution is 2.15. The Morgan fingerprint density at radius 2 is 2.19 bits per heavy atom. The first kappa shape index (κ1) is 19.6. The highest BCUT2D eigenvalue weighted by molar-refractivity contribution is 5.81. The maximum absolute atomic E-state index is 12.0. The molecular formula is C19H26N4O3. The van der Waals surface area contributed by atoms with Gasteiger partial charge in [-0.15, -0.1) is 0 Å². The van der Waals surface area contributed by atoms with Crippen LogP contribution < -0.4 is 0 Å². The predicted molar refractivity (Wildman–Crippen MR) is 98.5 cm³/mol. The molecule has 0 spiro atoms. The van der Waals surface area contributed by atoms with Crippen LogP contribution in [0.4, 0.5) is 4.79 Å². The van der Waals surface area contributed by atoms with E-state index in [1.54, 1.807) is 23.6 Å². The van der Waals surface area contributed by atoms with Crippen molar-refractivity contribution < 1.29 is 14.3 Å². The van der Waals surface area contributed by atoms with Crippen molar-refractivity contribution in [3.8, 4) is 11.3 Å². The predicted octanol–water partition coefficient (Wildman–Crippen LogP) is 3.02. The number of methoxy groups -OCH3 is 1. The molecule has 0 aromatic carbocycles. The van der Waals surface area contributed by atoms with Crippen molar-refractivity contribution in [2.75, 3.05) is 20.2 Å². The van der Waals surface area contributed by atoms with Gasteiger partial charge in [-0.2, -0.15) is 0 Å². The molecule has 7 heteroatoms. The Kier molecular flexibility index (Phi) is 7.32. The van der Waals surface area contributed by atoms with Crippen molar-refractivity contribution in [2.24, 2.45) is 5.92 Å². The Morgan fingerprint density at radius 3 is 2.85 bits per heavy atom. The number of imidazole rings is 1. The van der Waals surface area contributed by atoms with E-state index in [0.717, 1.165) is 24.2 Å². The number of ketones is 1. The lowest BCUT2D eigenvalue weighted by molar-refractivity contribution is -0.122. The van der Waals surface area contributed by atoms with Crippen LogP contribution in [0.3, 0.4) is 0 Å². The minimum atomic E-state index is -0.401. The van der Waals surface area contributed by atoms with E-state index in [1.165, 1.54) is 7.11 Å². The highest BCUT2D eigenvalue weighted by atomic mass is 16.5. The van der Waals surface area contributed by atoms with Gasteiger partial charge in [0.15, 0.2) is 0 Å². The second-order valence-corrected chi connectivity index (χ2v) is 6.23. The van der Waals surface area contributed by atoms with Crippen LogP contribution in [0.15, 0.2) is 37.1 Å². The molecule has 2 heterocycles. The maximum Gasteiger partial charge on any atom is 0.409 e. The van der Waals surface area contributed by atoms with E-state index in [4.69, 9.17) is 4.74 Å². The molecule has 0 bridgehead atoms. The summed E-state index contributed by atoms with van der Waals surface area (Å²) in [6.45, 7) is 5.30. The summed E-state index contributed by atoms with van der Waals surface area (Å²) in [6, 6.07) is 3.84. The minimum absolute atomic E-state index is 0.148. The molecule has 0 fully saturated rings. The summed E-state index contributed by atoms with van der Waals surface area (Å²) in [5.74, 6) is -0.0425. The third-order valence-corrected chi connectivity index (χ3v) is 4.26. The smallest absolute Gasteiger partial charge is 0.409 e. The summed E-state index contributed by atoms with van der Waals surface area (Å²) in [4.78, 5) is 33.8. The van der Waals surface area contributed by atoms with Crippen molar-refractivity contribution in [2.45, 2.75) is 33.2 Å². The van der Waals surface area contributed by atoms with E-state index in [0.29, 0.717) is 19.5 Å². The molecule has 1 amide bonds. The number of ether oxygens (including phenoxy) is 1. The molecule has 1 unspecified atom stereocenters. The van der Waals surface area contributed by atoms with Gasteiger partial charge in [0.1, 0.15) is 5.78 Å². The van der Waals surface area contributed by atoms with E-state index in [2.05, 4.69) is 9.97 Å². The molecular weight excluding hydrogens is 332 g/mol. The van der Waals surface area contributed by atoms with Crippen molar-refractivity contribution in [1.29, 1.82) is 0 Å². The lowest BCUT2D eigenvalue weighted by Gasteiger charge is -2.24. The molecule has 2 aromatic heterocycles. The third-order valence-electron chi connectivity index (χ3n) is 4.26. The van der Waals surface area contributed by atoms with Gasteiger partial charge in [-0.05, 0) is 18.6 Å². The summed E-state index contributed by atoms with van der Waals surface area (Å²) in [5.41, 5.74) is 1.83. The Morgan fingerprint density at radius 1 is 1.38 bits per heavy atom.